The summed E-state index contributed by atoms with van der Waals surface area (Å²) in [7, 11) is 0. The van der Waals surface area contributed by atoms with Crippen LogP contribution < -0.4 is 15.4 Å². The molecule has 1 aliphatic heterocycles. The fourth-order valence-electron chi connectivity index (χ4n) is 3.34. The minimum Gasteiger partial charge on any atom is -0.494 e. The van der Waals surface area contributed by atoms with Crippen LogP contribution in [0.4, 0.5) is 0 Å². The van der Waals surface area contributed by atoms with Gasteiger partial charge in [-0.2, -0.15) is 0 Å². The molecule has 0 aliphatic carbocycles. The number of benzene rings is 1. The van der Waals surface area contributed by atoms with Crippen LogP contribution in [0.3, 0.4) is 0 Å². The standard InChI is InChI=1S/C22H36N4O2/c1-4-23-22(24-13-9-15-26-14-8-6-7-10-21(26)27)25-17-19-12-11-18(3)16-20(19)28-5-2/h11-12,16H,4-10,13-15,17H2,1-3H3,(H2,23,24,25). The topological polar surface area (TPSA) is 66.0 Å². The zero-order chi connectivity index (χ0) is 20.2. The number of aliphatic imine (C=N–C) groups is 1. The molecule has 0 spiro atoms. The molecule has 1 fully saturated rings. The molecular weight excluding hydrogens is 352 g/mol. The highest BCUT2D eigenvalue weighted by molar-refractivity contribution is 5.79. The first-order chi connectivity index (χ1) is 13.6. The van der Waals surface area contributed by atoms with E-state index in [4.69, 9.17) is 9.73 Å². The first kappa shape index (κ1) is 22.1. The summed E-state index contributed by atoms with van der Waals surface area (Å²) in [6.45, 7) is 10.7. The number of guanidine groups is 1. The van der Waals surface area contributed by atoms with Crippen LogP contribution in [0, 0.1) is 6.92 Å². The van der Waals surface area contributed by atoms with E-state index in [0.29, 0.717) is 25.5 Å². The summed E-state index contributed by atoms with van der Waals surface area (Å²) >= 11 is 0. The van der Waals surface area contributed by atoms with Crippen LogP contribution in [0.5, 0.6) is 5.75 Å². The molecule has 1 aromatic carbocycles. The van der Waals surface area contributed by atoms with Gasteiger partial charge in [0.15, 0.2) is 5.96 Å². The molecule has 1 aliphatic rings. The Kier molecular flexibility index (Phi) is 9.66. The summed E-state index contributed by atoms with van der Waals surface area (Å²) in [5.41, 5.74) is 2.27. The summed E-state index contributed by atoms with van der Waals surface area (Å²) in [5.74, 6) is 2.01. The van der Waals surface area contributed by atoms with Crippen LogP contribution in [-0.2, 0) is 11.3 Å². The van der Waals surface area contributed by atoms with Gasteiger partial charge in [0, 0.05) is 38.2 Å². The second kappa shape index (κ2) is 12.3. The maximum absolute atomic E-state index is 12.1. The van der Waals surface area contributed by atoms with Crippen molar-refractivity contribution in [3.05, 3.63) is 29.3 Å². The van der Waals surface area contributed by atoms with E-state index < -0.39 is 0 Å². The largest absolute Gasteiger partial charge is 0.494 e. The predicted octanol–water partition coefficient (Wildman–Crippen LogP) is 3.24. The number of likely N-dealkylation sites (tertiary alicyclic amines) is 1. The van der Waals surface area contributed by atoms with Gasteiger partial charge in [0.1, 0.15) is 5.75 Å². The van der Waals surface area contributed by atoms with Crippen molar-refractivity contribution >= 4 is 11.9 Å². The Bertz CT molecular complexity index is 645. The molecule has 2 N–H and O–H groups in total. The zero-order valence-corrected chi connectivity index (χ0v) is 17.7. The highest BCUT2D eigenvalue weighted by Gasteiger charge is 2.15. The van der Waals surface area contributed by atoms with E-state index in [-0.39, 0.29) is 0 Å². The van der Waals surface area contributed by atoms with Gasteiger partial charge < -0.3 is 20.3 Å². The fraction of sp³-hybridized carbons (Fsp3) is 0.636. The summed E-state index contributed by atoms with van der Waals surface area (Å²) in [4.78, 5) is 18.8. The minimum atomic E-state index is 0.306. The lowest BCUT2D eigenvalue weighted by molar-refractivity contribution is -0.130. The predicted molar refractivity (Wildman–Crippen MR) is 115 cm³/mol. The van der Waals surface area contributed by atoms with Crippen molar-refractivity contribution in [3.8, 4) is 5.75 Å². The highest BCUT2D eigenvalue weighted by Crippen LogP contribution is 2.21. The summed E-state index contributed by atoms with van der Waals surface area (Å²) in [6.07, 6.45) is 4.96. The molecule has 6 heteroatoms. The molecule has 0 atom stereocenters. The molecule has 0 bridgehead atoms. The van der Waals surface area contributed by atoms with Crippen LogP contribution in [0.2, 0.25) is 0 Å². The molecule has 1 heterocycles. The number of hydrogen-bond donors (Lipinski definition) is 2. The number of nitrogens with one attached hydrogen (secondary N) is 2. The van der Waals surface area contributed by atoms with E-state index in [2.05, 4.69) is 42.7 Å². The van der Waals surface area contributed by atoms with E-state index in [1.807, 2.05) is 11.8 Å². The van der Waals surface area contributed by atoms with E-state index in [1.54, 1.807) is 0 Å². The third-order valence-electron chi connectivity index (χ3n) is 4.84. The monoisotopic (exact) mass is 388 g/mol. The van der Waals surface area contributed by atoms with Crippen molar-refractivity contribution in [2.45, 2.75) is 59.4 Å². The third kappa shape index (κ3) is 7.41. The fourth-order valence-corrected chi connectivity index (χ4v) is 3.34. The number of nitrogens with zero attached hydrogens (tertiary/aromatic N) is 2. The average Bonchev–Trinajstić information content (AvgIpc) is 2.88. The van der Waals surface area contributed by atoms with E-state index >= 15 is 0 Å². The number of hydrogen-bond acceptors (Lipinski definition) is 3. The average molecular weight is 389 g/mol. The summed E-state index contributed by atoms with van der Waals surface area (Å²) in [6, 6.07) is 6.23. The van der Waals surface area contributed by atoms with Gasteiger partial charge in [-0.25, -0.2) is 4.99 Å². The first-order valence-corrected chi connectivity index (χ1v) is 10.7. The zero-order valence-electron chi connectivity index (χ0n) is 17.7. The Morgan fingerprint density at radius 2 is 2.07 bits per heavy atom. The number of rotatable bonds is 9. The van der Waals surface area contributed by atoms with Crippen LogP contribution >= 0.6 is 0 Å². The lowest BCUT2D eigenvalue weighted by atomic mass is 10.1. The van der Waals surface area contributed by atoms with Gasteiger partial charge in [0.2, 0.25) is 5.91 Å². The van der Waals surface area contributed by atoms with Crippen LogP contribution in [0.25, 0.3) is 0 Å². The SMILES string of the molecule is CCNC(=NCc1ccc(C)cc1OCC)NCCCN1CCCCCC1=O. The summed E-state index contributed by atoms with van der Waals surface area (Å²) < 4.78 is 5.75. The second-order valence-electron chi connectivity index (χ2n) is 7.21. The number of aryl methyl sites for hydroxylation is 1. The van der Waals surface area contributed by atoms with Gasteiger partial charge in [0.25, 0.3) is 0 Å². The molecule has 0 radical (unpaired) electrons. The molecule has 1 amide bonds. The Balaban J connectivity index is 1.86. The maximum Gasteiger partial charge on any atom is 0.222 e. The van der Waals surface area contributed by atoms with Gasteiger partial charge in [-0.3, -0.25) is 4.79 Å². The third-order valence-corrected chi connectivity index (χ3v) is 4.84. The molecule has 1 saturated heterocycles. The second-order valence-corrected chi connectivity index (χ2v) is 7.21. The molecule has 28 heavy (non-hydrogen) atoms. The van der Waals surface area contributed by atoms with Gasteiger partial charge >= 0.3 is 0 Å². The molecular formula is C22H36N4O2. The lowest BCUT2D eigenvalue weighted by Gasteiger charge is -2.20. The van der Waals surface area contributed by atoms with Gasteiger partial charge in [-0.05, 0) is 51.7 Å². The molecule has 0 unspecified atom stereocenters. The Hall–Kier alpha value is -2.24. The van der Waals surface area contributed by atoms with Crippen molar-refractivity contribution in [1.29, 1.82) is 0 Å². The molecule has 0 aromatic heterocycles. The number of amides is 1. The van der Waals surface area contributed by atoms with Gasteiger partial charge in [-0.1, -0.05) is 18.6 Å². The van der Waals surface area contributed by atoms with Crippen molar-refractivity contribution in [3.63, 3.8) is 0 Å². The molecule has 1 aromatic rings. The minimum absolute atomic E-state index is 0.306. The van der Waals surface area contributed by atoms with Crippen LogP contribution in [0.15, 0.2) is 23.2 Å². The quantitative estimate of drug-likeness (QED) is 0.387. The maximum atomic E-state index is 12.1. The Morgan fingerprint density at radius 3 is 2.86 bits per heavy atom. The van der Waals surface area contributed by atoms with Crippen molar-refractivity contribution in [1.82, 2.24) is 15.5 Å². The molecule has 156 valence electrons. The van der Waals surface area contributed by atoms with E-state index in [9.17, 15) is 4.79 Å². The smallest absolute Gasteiger partial charge is 0.222 e. The molecule has 2 rings (SSSR count). The Morgan fingerprint density at radius 1 is 1.21 bits per heavy atom. The van der Waals surface area contributed by atoms with Crippen molar-refractivity contribution in [2.24, 2.45) is 4.99 Å². The number of carbonyl (C=O) groups is 1. The number of ether oxygens (including phenoxy) is 1. The van der Waals surface area contributed by atoms with Crippen LogP contribution in [0.1, 0.15) is 57.1 Å². The van der Waals surface area contributed by atoms with Crippen LogP contribution in [-0.4, -0.2) is 49.6 Å². The first-order valence-electron chi connectivity index (χ1n) is 10.7. The molecule has 6 nitrogen and oxygen atoms in total. The normalized spacial score (nSPS) is 15.3. The van der Waals surface area contributed by atoms with Crippen molar-refractivity contribution < 1.29 is 9.53 Å². The number of carbonyl (C=O) groups excluding carboxylic acids is 1. The Labute approximate surface area is 169 Å². The van der Waals surface area contributed by atoms with E-state index in [1.165, 1.54) is 12.0 Å². The summed E-state index contributed by atoms with van der Waals surface area (Å²) in [5, 5.41) is 6.67. The van der Waals surface area contributed by atoms with Crippen molar-refractivity contribution in [2.75, 3.05) is 32.8 Å². The van der Waals surface area contributed by atoms with Gasteiger partial charge in [-0.15, -0.1) is 0 Å². The molecule has 0 saturated carbocycles. The highest BCUT2D eigenvalue weighted by atomic mass is 16.5. The van der Waals surface area contributed by atoms with E-state index in [0.717, 1.165) is 62.7 Å². The lowest BCUT2D eigenvalue weighted by Crippen LogP contribution is -2.39. The van der Waals surface area contributed by atoms with Gasteiger partial charge in [0.05, 0.1) is 13.2 Å².